The monoisotopic (exact) mass is 316 g/mol. The molecule has 0 unspecified atom stereocenters. The Morgan fingerprint density at radius 2 is 2.19 bits per heavy atom. The van der Waals surface area contributed by atoms with Gasteiger partial charge in [-0.15, -0.1) is 12.4 Å². The molecule has 1 amide bonds. The van der Waals surface area contributed by atoms with Gasteiger partial charge < -0.3 is 15.8 Å². The molecule has 1 aromatic rings. The highest BCUT2D eigenvalue weighted by molar-refractivity contribution is 5.85. The van der Waals surface area contributed by atoms with Crippen molar-refractivity contribution in [3.63, 3.8) is 0 Å². The molecule has 1 heterocycles. The van der Waals surface area contributed by atoms with Crippen LogP contribution in [0.15, 0.2) is 0 Å². The van der Waals surface area contributed by atoms with E-state index in [2.05, 4.69) is 15.5 Å². The Morgan fingerprint density at radius 3 is 2.76 bits per heavy atom. The Kier molecular flexibility index (Phi) is 6.64. The molecule has 120 valence electrons. The van der Waals surface area contributed by atoms with Crippen LogP contribution < -0.4 is 11.1 Å². The van der Waals surface area contributed by atoms with E-state index in [0.29, 0.717) is 13.0 Å². The minimum absolute atomic E-state index is 0. The number of nitrogens with zero attached hydrogens (tertiary/aromatic N) is 1. The van der Waals surface area contributed by atoms with E-state index in [1.54, 1.807) is 7.11 Å². The predicted octanol–water partition coefficient (Wildman–Crippen LogP) is 1.21. The van der Waals surface area contributed by atoms with E-state index in [0.717, 1.165) is 29.8 Å². The summed E-state index contributed by atoms with van der Waals surface area (Å²) in [7, 11) is 1.66. The normalized spacial score (nSPS) is 25.2. The van der Waals surface area contributed by atoms with Gasteiger partial charge in [0.25, 0.3) is 0 Å². The number of nitrogens with one attached hydrogen (secondary N) is 2. The van der Waals surface area contributed by atoms with Crippen molar-refractivity contribution in [2.24, 2.45) is 11.7 Å². The molecule has 0 saturated heterocycles. The number of carbonyl (C=O) groups is 1. The zero-order valence-electron chi connectivity index (χ0n) is 12.8. The molecule has 0 spiro atoms. The molecule has 0 aliphatic heterocycles. The first kappa shape index (κ1) is 17.9. The van der Waals surface area contributed by atoms with Crippen LogP contribution in [0.4, 0.5) is 0 Å². The van der Waals surface area contributed by atoms with Crippen LogP contribution in [0.5, 0.6) is 0 Å². The van der Waals surface area contributed by atoms with Crippen molar-refractivity contribution in [3.05, 3.63) is 17.0 Å². The average Bonchev–Trinajstić information content (AvgIpc) is 2.76. The lowest BCUT2D eigenvalue weighted by Crippen LogP contribution is -2.45. The topological polar surface area (TPSA) is 93.0 Å². The fourth-order valence-corrected chi connectivity index (χ4v) is 2.82. The quantitative estimate of drug-likeness (QED) is 0.778. The Labute approximate surface area is 131 Å². The molecule has 0 radical (unpaired) electrons. The standard InChI is InChI=1S/C14H24N4O2.ClH/c1-8-11(9(2)18-17-8)7-16-14(19)10-4-5-12(15)13(6-10)20-3;/h10,12-13H,4-7,15H2,1-3H3,(H,16,19)(H,17,18);1H/t10-,12-,13-;/m0./s1. The lowest BCUT2D eigenvalue weighted by Gasteiger charge is -2.32. The zero-order chi connectivity index (χ0) is 14.7. The fraction of sp³-hybridized carbons (Fsp3) is 0.714. The number of amides is 1. The van der Waals surface area contributed by atoms with Crippen LogP contribution in [-0.4, -0.2) is 35.4 Å². The van der Waals surface area contributed by atoms with E-state index in [-0.39, 0.29) is 36.4 Å². The first-order valence-electron chi connectivity index (χ1n) is 7.09. The molecule has 2 rings (SSSR count). The Bertz CT molecular complexity index is 458. The van der Waals surface area contributed by atoms with E-state index in [1.165, 1.54) is 0 Å². The van der Waals surface area contributed by atoms with Crippen LogP contribution in [0, 0.1) is 19.8 Å². The number of hydrogen-bond donors (Lipinski definition) is 3. The Hall–Kier alpha value is -1.11. The van der Waals surface area contributed by atoms with Crippen LogP contribution >= 0.6 is 12.4 Å². The minimum Gasteiger partial charge on any atom is -0.380 e. The van der Waals surface area contributed by atoms with Crippen LogP contribution in [0.2, 0.25) is 0 Å². The van der Waals surface area contributed by atoms with E-state index in [9.17, 15) is 4.79 Å². The highest BCUT2D eigenvalue weighted by Crippen LogP contribution is 2.25. The molecule has 1 saturated carbocycles. The average molecular weight is 317 g/mol. The predicted molar refractivity (Wildman–Crippen MR) is 83.3 cm³/mol. The van der Waals surface area contributed by atoms with Crippen LogP contribution in [-0.2, 0) is 16.1 Å². The number of aromatic amines is 1. The Morgan fingerprint density at radius 1 is 1.48 bits per heavy atom. The van der Waals surface area contributed by atoms with Crippen molar-refractivity contribution in [2.75, 3.05) is 7.11 Å². The smallest absolute Gasteiger partial charge is 0.223 e. The summed E-state index contributed by atoms with van der Waals surface area (Å²) in [6.45, 7) is 4.42. The molecular weight excluding hydrogens is 292 g/mol. The van der Waals surface area contributed by atoms with E-state index >= 15 is 0 Å². The van der Waals surface area contributed by atoms with Gasteiger partial charge in [-0.25, -0.2) is 0 Å². The van der Waals surface area contributed by atoms with Gasteiger partial charge in [0.1, 0.15) is 0 Å². The zero-order valence-corrected chi connectivity index (χ0v) is 13.6. The first-order valence-corrected chi connectivity index (χ1v) is 7.09. The molecule has 1 aliphatic carbocycles. The number of hydrogen-bond acceptors (Lipinski definition) is 4. The van der Waals surface area contributed by atoms with Gasteiger partial charge in [0.2, 0.25) is 5.91 Å². The molecular formula is C14H25ClN4O2. The van der Waals surface area contributed by atoms with Gasteiger partial charge in [0.15, 0.2) is 0 Å². The van der Waals surface area contributed by atoms with Gasteiger partial charge in [-0.1, -0.05) is 0 Å². The SMILES string of the molecule is CO[C@H]1C[C@@H](C(=O)NCc2c(C)n[nH]c2C)CC[C@@H]1N.Cl. The highest BCUT2D eigenvalue weighted by Gasteiger charge is 2.32. The van der Waals surface area contributed by atoms with Crippen molar-refractivity contribution in [1.82, 2.24) is 15.5 Å². The molecule has 0 bridgehead atoms. The van der Waals surface area contributed by atoms with E-state index in [1.807, 2.05) is 13.8 Å². The van der Waals surface area contributed by atoms with Gasteiger partial charge in [-0.2, -0.15) is 5.10 Å². The third-order valence-electron chi connectivity index (χ3n) is 4.24. The third-order valence-corrected chi connectivity index (χ3v) is 4.24. The molecule has 1 aromatic heterocycles. The summed E-state index contributed by atoms with van der Waals surface area (Å²) in [4.78, 5) is 12.2. The van der Waals surface area contributed by atoms with E-state index in [4.69, 9.17) is 10.5 Å². The number of aromatic nitrogens is 2. The third kappa shape index (κ3) is 4.18. The van der Waals surface area contributed by atoms with E-state index < -0.39 is 0 Å². The number of rotatable bonds is 4. The second-order valence-electron chi connectivity index (χ2n) is 5.58. The summed E-state index contributed by atoms with van der Waals surface area (Å²) in [5, 5.41) is 10.1. The molecule has 4 N–H and O–H groups in total. The van der Waals surface area contributed by atoms with Crippen molar-refractivity contribution < 1.29 is 9.53 Å². The van der Waals surface area contributed by atoms with Gasteiger partial charge >= 0.3 is 0 Å². The van der Waals surface area contributed by atoms with Crippen LogP contribution in [0.3, 0.4) is 0 Å². The van der Waals surface area contributed by atoms with Crippen molar-refractivity contribution in [3.8, 4) is 0 Å². The summed E-state index contributed by atoms with van der Waals surface area (Å²) < 4.78 is 5.35. The molecule has 1 aliphatic rings. The summed E-state index contributed by atoms with van der Waals surface area (Å²) >= 11 is 0. The molecule has 21 heavy (non-hydrogen) atoms. The van der Waals surface area contributed by atoms with Gasteiger partial charge in [0, 0.05) is 36.9 Å². The minimum atomic E-state index is -0.0168. The summed E-state index contributed by atoms with van der Waals surface area (Å²) in [5.41, 5.74) is 8.97. The van der Waals surface area contributed by atoms with Crippen molar-refractivity contribution in [1.29, 1.82) is 0 Å². The van der Waals surface area contributed by atoms with Crippen LogP contribution in [0.25, 0.3) is 0 Å². The van der Waals surface area contributed by atoms with Crippen molar-refractivity contribution in [2.45, 2.75) is 51.8 Å². The lowest BCUT2D eigenvalue weighted by molar-refractivity contribution is -0.128. The van der Waals surface area contributed by atoms with Gasteiger partial charge in [-0.3, -0.25) is 9.89 Å². The maximum atomic E-state index is 12.2. The Balaban J connectivity index is 0.00000220. The maximum Gasteiger partial charge on any atom is 0.223 e. The van der Waals surface area contributed by atoms with Crippen LogP contribution in [0.1, 0.15) is 36.2 Å². The number of halogens is 1. The second-order valence-corrected chi connectivity index (χ2v) is 5.58. The largest absolute Gasteiger partial charge is 0.380 e. The molecule has 3 atom stereocenters. The number of carbonyl (C=O) groups excluding carboxylic acids is 1. The summed E-state index contributed by atoms with van der Waals surface area (Å²) in [5.74, 6) is 0.0752. The fourth-order valence-electron chi connectivity index (χ4n) is 2.82. The van der Waals surface area contributed by atoms with Crippen molar-refractivity contribution >= 4 is 18.3 Å². The molecule has 6 nitrogen and oxygen atoms in total. The second kappa shape index (κ2) is 7.77. The lowest BCUT2D eigenvalue weighted by atomic mass is 9.83. The maximum absolute atomic E-state index is 12.2. The number of aryl methyl sites for hydroxylation is 2. The number of nitrogens with two attached hydrogens (primary N) is 1. The van der Waals surface area contributed by atoms with Gasteiger partial charge in [-0.05, 0) is 33.1 Å². The number of ether oxygens (including phenoxy) is 1. The summed E-state index contributed by atoms with van der Waals surface area (Å²) in [6.07, 6.45) is 2.35. The first-order chi connectivity index (χ1) is 9.52. The molecule has 7 heteroatoms. The number of methoxy groups -OCH3 is 1. The highest BCUT2D eigenvalue weighted by atomic mass is 35.5. The molecule has 1 fully saturated rings. The van der Waals surface area contributed by atoms with Gasteiger partial charge in [0.05, 0.1) is 11.8 Å². The number of H-pyrrole nitrogens is 1. The summed E-state index contributed by atoms with van der Waals surface area (Å²) in [6, 6.07) is 0.0439. The molecule has 0 aromatic carbocycles.